The number of nitrogens with zero attached hydrogens (tertiary/aromatic N) is 1. The molecule has 1 saturated heterocycles. The highest BCUT2D eigenvalue weighted by atomic mass is 79.9. The summed E-state index contributed by atoms with van der Waals surface area (Å²) in [5, 5.41) is 12.5. The normalized spacial score (nSPS) is 15.1. The van der Waals surface area contributed by atoms with Gasteiger partial charge in [-0.1, -0.05) is 88.2 Å². The van der Waals surface area contributed by atoms with Gasteiger partial charge >= 0.3 is 5.97 Å². The number of H-pyrrole nitrogens is 1. The maximum Gasteiger partial charge on any atom is 0.325 e. The number of hydrogen-bond acceptors (Lipinski definition) is 7. The lowest BCUT2D eigenvalue weighted by atomic mass is 9.94. The Balaban J connectivity index is 0.000000312. The minimum Gasteiger partial charge on any atom is -0.480 e. The van der Waals surface area contributed by atoms with E-state index in [0.717, 1.165) is 24.0 Å². The van der Waals surface area contributed by atoms with Gasteiger partial charge in [0, 0.05) is 13.7 Å². The number of nitrogen functional groups attached to an aromatic ring is 1. The van der Waals surface area contributed by atoms with E-state index in [1.807, 2.05) is 65.6 Å². The first-order valence-corrected chi connectivity index (χ1v) is 14.6. The van der Waals surface area contributed by atoms with Crippen LogP contribution in [-0.2, 0) is 14.3 Å². The number of benzene rings is 2. The summed E-state index contributed by atoms with van der Waals surface area (Å²) >= 11 is 9.19. The number of ketones is 1. The molecule has 3 aromatic rings. The Kier molecular flexibility index (Phi) is 12.7. The smallest absolute Gasteiger partial charge is 0.325 e. The molecule has 4 rings (SSSR count). The summed E-state index contributed by atoms with van der Waals surface area (Å²) in [4.78, 5) is 51.4. The average molecular weight is 662 g/mol. The minimum atomic E-state index is -0.873. The number of carboxylic acids is 1. The van der Waals surface area contributed by atoms with Crippen LogP contribution in [0.3, 0.4) is 0 Å². The second-order valence-corrected chi connectivity index (χ2v) is 11.1. The number of likely N-dealkylation sites (tertiary alicyclic amines) is 1. The largest absolute Gasteiger partial charge is 0.480 e. The molecule has 2 unspecified atom stereocenters. The van der Waals surface area contributed by atoms with Crippen molar-refractivity contribution in [2.24, 2.45) is 5.92 Å². The lowest BCUT2D eigenvalue weighted by Crippen LogP contribution is -2.43. The molecule has 224 valence electrons. The SMILES string of the molecule is COCC(=O)C(Br)c1ccccc1.Nc1[nH]c(=O)c(C(=O)NCC2CCN(C(C(=O)O)c3ccccc3)CC2)cc1Cl. The van der Waals surface area contributed by atoms with Gasteiger partial charge < -0.3 is 25.9 Å². The maximum absolute atomic E-state index is 12.3. The number of aromatic amines is 1. The number of aromatic nitrogens is 1. The highest BCUT2D eigenvalue weighted by Gasteiger charge is 2.31. The molecule has 1 amide bonds. The first kappa shape index (κ1) is 33.0. The second kappa shape index (κ2) is 16.2. The number of hydrogen-bond donors (Lipinski definition) is 4. The van der Waals surface area contributed by atoms with Gasteiger partial charge in [0.05, 0.1) is 5.02 Å². The Morgan fingerprint density at radius 2 is 1.67 bits per heavy atom. The number of amides is 1. The van der Waals surface area contributed by atoms with Gasteiger partial charge in [0.1, 0.15) is 28.9 Å². The fourth-order valence-electron chi connectivity index (χ4n) is 4.60. The van der Waals surface area contributed by atoms with Crippen LogP contribution in [0.5, 0.6) is 0 Å². The lowest BCUT2D eigenvalue weighted by molar-refractivity contribution is -0.144. The summed E-state index contributed by atoms with van der Waals surface area (Å²) in [5.41, 5.74) is 6.56. The molecule has 0 saturated carbocycles. The van der Waals surface area contributed by atoms with E-state index in [9.17, 15) is 24.3 Å². The van der Waals surface area contributed by atoms with Crippen LogP contribution in [0.4, 0.5) is 5.82 Å². The molecule has 42 heavy (non-hydrogen) atoms. The molecule has 0 radical (unpaired) electrons. The van der Waals surface area contributed by atoms with E-state index in [1.54, 1.807) is 0 Å². The number of ether oxygens (including phenoxy) is 1. The van der Waals surface area contributed by atoms with Crippen molar-refractivity contribution in [2.75, 3.05) is 39.1 Å². The average Bonchev–Trinajstić information content (AvgIpc) is 2.99. The van der Waals surface area contributed by atoms with Crippen molar-refractivity contribution in [1.82, 2.24) is 15.2 Å². The van der Waals surface area contributed by atoms with E-state index < -0.39 is 23.5 Å². The standard InChI is InChI=1S/C20H23ClN4O4.C10H11BrO2/c21-15-10-14(19(27)24-17(15)22)18(26)23-11-12-6-8-25(9-7-12)16(20(28)29)13-4-2-1-3-5-13;1-13-7-9(12)10(11)8-5-3-2-4-6-8/h1-5,10,12,16H,6-9,11H2,(H,23,26)(H,28,29)(H3,22,24,27);2-6,10H,7H2,1H3. The number of piperidine rings is 1. The molecule has 2 atom stereocenters. The summed E-state index contributed by atoms with van der Waals surface area (Å²) in [6.07, 6.45) is 1.49. The zero-order chi connectivity index (χ0) is 30.6. The predicted molar refractivity (Wildman–Crippen MR) is 165 cm³/mol. The van der Waals surface area contributed by atoms with Crippen molar-refractivity contribution >= 4 is 51.0 Å². The summed E-state index contributed by atoms with van der Waals surface area (Å²) in [7, 11) is 1.52. The Bertz CT molecular complexity index is 1400. The van der Waals surface area contributed by atoms with E-state index in [1.165, 1.54) is 13.2 Å². The lowest BCUT2D eigenvalue weighted by Gasteiger charge is -2.35. The quantitative estimate of drug-likeness (QED) is 0.236. The number of nitrogens with two attached hydrogens (primary N) is 1. The zero-order valence-electron chi connectivity index (χ0n) is 23.1. The summed E-state index contributed by atoms with van der Waals surface area (Å²) in [5.74, 6) is -1.13. The molecular formula is C30H34BrClN4O6. The molecular weight excluding hydrogens is 628 g/mol. The number of Topliss-reactive ketones (excluding diaryl/α,β-unsaturated/α-hetero) is 1. The van der Waals surface area contributed by atoms with Crippen molar-refractivity contribution in [3.05, 3.63) is 98.8 Å². The second-order valence-electron chi connectivity index (χ2n) is 9.79. The Morgan fingerprint density at radius 1 is 1.10 bits per heavy atom. The van der Waals surface area contributed by atoms with Crippen molar-refractivity contribution in [2.45, 2.75) is 23.7 Å². The number of pyridine rings is 1. The molecule has 1 aromatic heterocycles. The Hall–Kier alpha value is -3.51. The van der Waals surface area contributed by atoms with Crippen molar-refractivity contribution in [3.8, 4) is 0 Å². The summed E-state index contributed by atoms with van der Waals surface area (Å²) in [6, 6.07) is 19.3. The van der Waals surface area contributed by atoms with Crippen LogP contribution >= 0.6 is 27.5 Å². The molecule has 10 nitrogen and oxygen atoms in total. The molecule has 0 aliphatic carbocycles. The van der Waals surface area contributed by atoms with Crippen LogP contribution in [0, 0.1) is 5.92 Å². The molecule has 1 aliphatic heterocycles. The van der Waals surface area contributed by atoms with Crippen LogP contribution in [-0.4, -0.2) is 66.0 Å². The van der Waals surface area contributed by atoms with Crippen LogP contribution in [0.15, 0.2) is 71.5 Å². The molecule has 2 heterocycles. The number of methoxy groups -OCH3 is 1. The number of alkyl halides is 1. The third-order valence-corrected chi connectivity index (χ3v) is 8.19. The monoisotopic (exact) mass is 660 g/mol. The van der Waals surface area contributed by atoms with Gasteiger partial charge in [-0.15, -0.1) is 0 Å². The van der Waals surface area contributed by atoms with Crippen molar-refractivity contribution in [1.29, 1.82) is 0 Å². The molecule has 2 aromatic carbocycles. The van der Waals surface area contributed by atoms with Crippen molar-refractivity contribution < 1.29 is 24.2 Å². The van der Waals surface area contributed by atoms with Gasteiger partial charge in [0.25, 0.3) is 11.5 Å². The van der Waals surface area contributed by atoms with E-state index in [4.69, 9.17) is 22.1 Å². The molecule has 0 spiro atoms. The zero-order valence-corrected chi connectivity index (χ0v) is 25.4. The number of carbonyl (C=O) groups is 3. The first-order valence-electron chi connectivity index (χ1n) is 13.3. The molecule has 1 aliphatic rings. The third kappa shape index (κ3) is 9.25. The van der Waals surface area contributed by atoms with Gasteiger partial charge in [-0.05, 0) is 49.0 Å². The van der Waals surface area contributed by atoms with E-state index in [-0.39, 0.29) is 39.5 Å². The first-order chi connectivity index (χ1) is 20.1. The predicted octanol–water partition coefficient (Wildman–Crippen LogP) is 4.22. The van der Waals surface area contributed by atoms with Gasteiger partial charge in [-0.25, -0.2) is 0 Å². The van der Waals surface area contributed by atoms with Gasteiger partial charge in [0.15, 0.2) is 5.78 Å². The maximum atomic E-state index is 12.3. The van der Waals surface area contributed by atoms with Gasteiger partial charge in [-0.2, -0.15) is 0 Å². The number of carbonyl (C=O) groups excluding carboxylic acids is 2. The Morgan fingerprint density at radius 3 is 2.21 bits per heavy atom. The fourth-order valence-corrected chi connectivity index (χ4v) is 5.20. The summed E-state index contributed by atoms with van der Waals surface area (Å²) in [6.45, 7) is 1.77. The van der Waals surface area contributed by atoms with Crippen LogP contribution in [0.1, 0.15) is 45.2 Å². The number of carboxylic acid groups (broad SMARTS) is 1. The highest BCUT2D eigenvalue weighted by molar-refractivity contribution is 9.09. The van der Waals surface area contributed by atoms with Crippen molar-refractivity contribution in [3.63, 3.8) is 0 Å². The number of rotatable bonds is 10. The Labute approximate surface area is 257 Å². The number of nitrogens with one attached hydrogen (secondary N) is 2. The van der Waals surface area contributed by atoms with Gasteiger partial charge in [-0.3, -0.25) is 24.1 Å². The molecule has 0 bridgehead atoms. The minimum absolute atomic E-state index is 0.0204. The number of aliphatic carboxylic acids is 1. The third-order valence-electron chi connectivity index (χ3n) is 6.84. The summed E-state index contributed by atoms with van der Waals surface area (Å²) < 4.78 is 4.77. The van der Waals surface area contributed by atoms with Crippen LogP contribution < -0.4 is 16.6 Å². The van der Waals surface area contributed by atoms with E-state index in [2.05, 4.69) is 26.2 Å². The number of anilines is 1. The van der Waals surface area contributed by atoms with Gasteiger partial charge in [0.2, 0.25) is 0 Å². The van der Waals surface area contributed by atoms with E-state index >= 15 is 0 Å². The number of halogens is 2. The highest BCUT2D eigenvalue weighted by Crippen LogP contribution is 2.27. The molecule has 1 fully saturated rings. The molecule has 5 N–H and O–H groups in total. The molecule has 12 heteroatoms. The van der Waals surface area contributed by atoms with Crippen LogP contribution in [0.2, 0.25) is 5.02 Å². The topological polar surface area (TPSA) is 155 Å². The van der Waals surface area contributed by atoms with E-state index in [0.29, 0.717) is 19.6 Å². The fraction of sp³-hybridized carbons (Fsp3) is 0.333. The van der Waals surface area contributed by atoms with Crippen LogP contribution in [0.25, 0.3) is 0 Å².